The number of likely N-dealkylation sites (tertiary alicyclic amines) is 1. The summed E-state index contributed by atoms with van der Waals surface area (Å²) in [5, 5.41) is 0. The molecule has 1 aliphatic heterocycles. The van der Waals surface area contributed by atoms with Crippen molar-refractivity contribution in [3.05, 3.63) is 35.9 Å². The van der Waals surface area contributed by atoms with Crippen molar-refractivity contribution in [2.24, 2.45) is 5.92 Å². The quantitative estimate of drug-likeness (QED) is 0.619. The lowest BCUT2D eigenvalue weighted by molar-refractivity contribution is -0.150. The molecular formula is C16H21NO3. The maximum atomic E-state index is 12.6. The predicted molar refractivity (Wildman–Crippen MR) is 76.3 cm³/mol. The zero-order valence-corrected chi connectivity index (χ0v) is 12.3. The van der Waals surface area contributed by atoms with E-state index in [2.05, 4.69) is 0 Å². The van der Waals surface area contributed by atoms with Gasteiger partial charge >= 0.3 is 5.97 Å². The van der Waals surface area contributed by atoms with E-state index >= 15 is 0 Å². The number of benzene rings is 1. The molecule has 2 atom stereocenters. The fraction of sp³-hybridized carbons (Fsp3) is 0.500. The average Bonchev–Trinajstić information content (AvgIpc) is 2.65. The van der Waals surface area contributed by atoms with Gasteiger partial charge in [0.05, 0.1) is 12.1 Å². The molecule has 2 rings (SSSR count). The monoisotopic (exact) mass is 275 g/mol. The number of ketones is 1. The first kappa shape index (κ1) is 14.7. The lowest BCUT2D eigenvalue weighted by atomic mass is 9.86. The number of esters is 1. The van der Waals surface area contributed by atoms with E-state index in [1.165, 1.54) is 0 Å². The Bertz CT molecular complexity index is 500. The van der Waals surface area contributed by atoms with Crippen LogP contribution in [0.25, 0.3) is 0 Å². The van der Waals surface area contributed by atoms with Crippen molar-refractivity contribution in [2.45, 2.75) is 25.8 Å². The predicted octanol–water partition coefficient (Wildman–Crippen LogP) is 1.68. The Morgan fingerprint density at radius 3 is 2.65 bits per heavy atom. The summed E-state index contributed by atoms with van der Waals surface area (Å²) in [7, 11) is 1.89. The van der Waals surface area contributed by atoms with Crippen LogP contribution in [0.15, 0.2) is 30.3 Å². The molecule has 0 aliphatic carbocycles. The summed E-state index contributed by atoms with van der Waals surface area (Å²) in [4.78, 5) is 26.4. The number of carbonyl (C=O) groups excluding carboxylic acids is 2. The lowest BCUT2D eigenvalue weighted by Crippen LogP contribution is -2.46. The molecule has 0 saturated carbocycles. The maximum absolute atomic E-state index is 12.6. The molecule has 1 aromatic carbocycles. The summed E-state index contributed by atoms with van der Waals surface area (Å²) in [6, 6.07) is 9.88. The number of hydrogen-bond acceptors (Lipinski definition) is 4. The van der Waals surface area contributed by atoms with Gasteiger partial charge in [-0.05, 0) is 32.9 Å². The zero-order valence-electron chi connectivity index (χ0n) is 12.3. The molecule has 2 unspecified atom stereocenters. The molecule has 0 bridgehead atoms. The van der Waals surface area contributed by atoms with Crippen molar-refractivity contribution in [3.8, 4) is 0 Å². The third kappa shape index (κ3) is 2.61. The van der Waals surface area contributed by atoms with Crippen LogP contribution >= 0.6 is 0 Å². The standard InChI is InChI=1S/C16H21NO3/c1-4-20-15(19)13-11-17(3)16(2,14(13)18)10-12-8-6-5-7-9-12/h5-9,13H,4,10-11H2,1-3H3. The van der Waals surface area contributed by atoms with Gasteiger partial charge in [0.1, 0.15) is 5.92 Å². The summed E-state index contributed by atoms with van der Waals surface area (Å²) in [5.74, 6) is -1.10. The van der Waals surface area contributed by atoms with Crippen LogP contribution in [-0.2, 0) is 20.7 Å². The van der Waals surface area contributed by atoms with E-state index in [1.54, 1.807) is 6.92 Å². The topological polar surface area (TPSA) is 46.6 Å². The van der Waals surface area contributed by atoms with Gasteiger partial charge in [0, 0.05) is 6.54 Å². The molecule has 1 aromatic rings. The number of nitrogens with zero attached hydrogens (tertiary/aromatic N) is 1. The highest BCUT2D eigenvalue weighted by Crippen LogP contribution is 2.32. The molecule has 1 saturated heterocycles. The van der Waals surface area contributed by atoms with E-state index < -0.39 is 17.4 Å². The summed E-state index contributed by atoms with van der Waals surface area (Å²) >= 11 is 0. The number of ether oxygens (including phenoxy) is 1. The lowest BCUT2D eigenvalue weighted by Gasteiger charge is -2.30. The van der Waals surface area contributed by atoms with E-state index in [9.17, 15) is 9.59 Å². The first-order valence-corrected chi connectivity index (χ1v) is 6.95. The second kappa shape index (κ2) is 5.75. The number of rotatable bonds is 4. The minimum Gasteiger partial charge on any atom is -0.465 e. The van der Waals surface area contributed by atoms with Gasteiger partial charge in [-0.25, -0.2) is 0 Å². The molecule has 0 radical (unpaired) electrons. The van der Waals surface area contributed by atoms with Crippen molar-refractivity contribution in [1.82, 2.24) is 4.90 Å². The van der Waals surface area contributed by atoms with Crippen molar-refractivity contribution < 1.29 is 14.3 Å². The summed E-state index contributed by atoms with van der Waals surface area (Å²) in [5.41, 5.74) is 0.457. The Morgan fingerprint density at radius 1 is 1.40 bits per heavy atom. The van der Waals surface area contributed by atoms with Crippen LogP contribution in [0, 0.1) is 5.92 Å². The molecule has 4 nitrogen and oxygen atoms in total. The Labute approximate surface area is 119 Å². The fourth-order valence-corrected chi connectivity index (χ4v) is 2.76. The van der Waals surface area contributed by atoms with Crippen LogP contribution in [0.3, 0.4) is 0 Å². The van der Waals surface area contributed by atoms with E-state index in [1.807, 2.05) is 49.2 Å². The van der Waals surface area contributed by atoms with Gasteiger partial charge in [0.2, 0.25) is 0 Å². The first-order chi connectivity index (χ1) is 9.49. The van der Waals surface area contributed by atoms with Crippen LogP contribution in [0.1, 0.15) is 19.4 Å². The van der Waals surface area contributed by atoms with E-state index in [4.69, 9.17) is 4.74 Å². The molecule has 1 aliphatic rings. The molecular weight excluding hydrogens is 254 g/mol. The van der Waals surface area contributed by atoms with E-state index in [-0.39, 0.29) is 5.78 Å². The van der Waals surface area contributed by atoms with Gasteiger partial charge in [-0.15, -0.1) is 0 Å². The number of hydrogen-bond donors (Lipinski definition) is 0. The maximum Gasteiger partial charge on any atom is 0.317 e. The highest BCUT2D eigenvalue weighted by atomic mass is 16.5. The van der Waals surface area contributed by atoms with Crippen LogP contribution < -0.4 is 0 Å². The van der Waals surface area contributed by atoms with Gasteiger partial charge < -0.3 is 4.74 Å². The highest BCUT2D eigenvalue weighted by molar-refractivity contribution is 6.06. The van der Waals surface area contributed by atoms with Crippen LogP contribution in [0.5, 0.6) is 0 Å². The molecule has 20 heavy (non-hydrogen) atoms. The largest absolute Gasteiger partial charge is 0.465 e. The van der Waals surface area contributed by atoms with Gasteiger partial charge in [0.25, 0.3) is 0 Å². The Hall–Kier alpha value is -1.68. The van der Waals surface area contributed by atoms with Gasteiger partial charge in [-0.3, -0.25) is 14.5 Å². The minimum atomic E-state index is -0.659. The van der Waals surface area contributed by atoms with Crippen LogP contribution in [0.2, 0.25) is 0 Å². The molecule has 1 fully saturated rings. The smallest absolute Gasteiger partial charge is 0.317 e. The van der Waals surface area contributed by atoms with Crippen molar-refractivity contribution >= 4 is 11.8 Å². The van der Waals surface area contributed by atoms with Crippen LogP contribution in [0.4, 0.5) is 0 Å². The van der Waals surface area contributed by atoms with Gasteiger partial charge in [0.15, 0.2) is 5.78 Å². The summed E-state index contributed by atoms with van der Waals surface area (Å²) in [6.45, 7) is 4.40. The van der Waals surface area contributed by atoms with Crippen molar-refractivity contribution in [3.63, 3.8) is 0 Å². The third-order valence-corrected chi connectivity index (χ3v) is 4.11. The highest BCUT2D eigenvalue weighted by Gasteiger charge is 2.51. The molecule has 0 aromatic heterocycles. The SMILES string of the molecule is CCOC(=O)C1CN(C)C(C)(Cc2ccccc2)C1=O. The third-order valence-electron chi connectivity index (χ3n) is 4.11. The molecule has 0 amide bonds. The van der Waals surface area contributed by atoms with Crippen LogP contribution in [-0.4, -0.2) is 42.4 Å². The molecule has 4 heteroatoms. The Morgan fingerprint density at radius 2 is 2.05 bits per heavy atom. The summed E-state index contributed by atoms with van der Waals surface area (Å²) < 4.78 is 5.00. The normalized spacial score (nSPS) is 26.8. The van der Waals surface area contributed by atoms with Gasteiger partial charge in [-0.1, -0.05) is 30.3 Å². The van der Waals surface area contributed by atoms with Gasteiger partial charge in [-0.2, -0.15) is 0 Å². The molecule has 0 N–H and O–H groups in total. The van der Waals surface area contributed by atoms with E-state index in [0.29, 0.717) is 19.6 Å². The zero-order chi connectivity index (χ0) is 14.8. The fourth-order valence-electron chi connectivity index (χ4n) is 2.76. The van der Waals surface area contributed by atoms with Crippen molar-refractivity contribution in [2.75, 3.05) is 20.2 Å². The Balaban J connectivity index is 2.19. The Kier molecular flexibility index (Phi) is 4.23. The van der Waals surface area contributed by atoms with E-state index in [0.717, 1.165) is 5.56 Å². The second-order valence-electron chi connectivity index (χ2n) is 5.49. The first-order valence-electron chi connectivity index (χ1n) is 6.95. The molecule has 1 heterocycles. The average molecular weight is 275 g/mol. The number of likely N-dealkylation sites (N-methyl/N-ethyl adjacent to an activating group) is 1. The van der Waals surface area contributed by atoms with Crippen molar-refractivity contribution in [1.29, 1.82) is 0 Å². The minimum absolute atomic E-state index is 0.0395. The number of Topliss-reactive ketones (excluding diaryl/α,β-unsaturated/α-hetero) is 1. The number of carbonyl (C=O) groups is 2. The molecule has 108 valence electrons. The summed E-state index contributed by atoms with van der Waals surface area (Å²) in [6.07, 6.45) is 0.610. The molecule has 0 spiro atoms. The second-order valence-corrected chi connectivity index (χ2v) is 5.49.